The zero-order valence-electron chi connectivity index (χ0n) is 17.2. The predicted molar refractivity (Wildman–Crippen MR) is 112 cm³/mol. The number of phenols is 1. The summed E-state index contributed by atoms with van der Waals surface area (Å²) in [6.45, 7) is 12.0. The van der Waals surface area contributed by atoms with Crippen molar-refractivity contribution in [3.63, 3.8) is 0 Å². The molecule has 0 unspecified atom stereocenters. The quantitative estimate of drug-likeness (QED) is 0.529. The summed E-state index contributed by atoms with van der Waals surface area (Å²) in [5.74, 6) is -0.0314. The van der Waals surface area contributed by atoms with Gasteiger partial charge in [-0.3, -0.25) is 4.79 Å². The number of carbonyl (C=O) groups is 1. The van der Waals surface area contributed by atoms with Crippen LogP contribution in [-0.4, -0.2) is 21.0 Å². The average Bonchev–Trinajstić information content (AvgIpc) is 2.92. The highest BCUT2D eigenvalue weighted by molar-refractivity contribution is 6.05. The van der Waals surface area contributed by atoms with Gasteiger partial charge in [-0.05, 0) is 41.2 Å². The lowest BCUT2D eigenvalue weighted by atomic mass is 9.78. The van der Waals surface area contributed by atoms with E-state index < -0.39 is 0 Å². The number of amides is 1. The van der Waals surface area contributed by atoms with E-state index in [4.69, 9.17) is 0 Å². The van der Waals surface area contributed by atoms with Crippen LogP contribution in [0.5, 0.6) is 5.75 Å². The molecule has 0 saturated heterocycles. The molecule has 0 spiro atoms. The number of aromatic amines is 2. The van der Waals surface area contributed by atoms with Gasteiger partial charge in [0.2, 0.25) is 0 Å². The van der Waals surface area contributed by atoms with Crippen LogP contribution in [-0.2, 0) is 10.8 Å². The van der Waals surface area contributed by atoms with Gasteiger partial charge in [-0.25, -0.2) is 4.79 Å². The Morgan fingerprint density at radius 3 is 1.96 bits per heavy atom. The van der Waals surface area contributed by atoms with Crippen LogP contribution in [0.3, 0.4) is 0 Å². The molecule has 6 heteroatoms. The van der Waals surface area contributed by atoms with E-state index in [-0.39, 0.29) is 28.2 Å². The molecule has 0 bridgehead atoms. The molecule has 3 rings (SSSR count). The summed E-state index contributed by atoms with van der Waals surface area (Å²) in [6.07, 6.45) is 0. The standard InChI is InChI=1S/C22H27N3O3/c1-21(2,3)14-9-12(10-15(18(14)26)22(4,5)6)19(27)23-13-7-8-16-17(11-13)25-20(28)24-16/h7-11,26H,1-6H3,(H,23,27)(H2,24,25,28). The summed E-state index contributed by atoms with van der Waals surface area (Å²) in [5, 5.41) is 13.7. The highest BCUT2D eigenvalue weighted by atomic mass is 16.3. The Hall–Kier alpha value is -3.02. The van der Waals surface area contributed by atoms with Crippen molar-refractivity contribution in [2.24, 2.45) is 0 Å². The second-order valence-corrected chi connectivity index (χ2v) is 9.21. The smallest absolute Gasteiger partial charge is 0.323 e. The zero-order valence-corrected chi connectivity index (χ0v) is 17.2. The number of aromatic nitrogens is 2. The minimum Gasteiger partial charge on any atom is -0.507 e. The molecule has 0 saturated carbocycles. The predicted octanol–water partition coefficient (Wildman–Crippen LogP) is 4.41. The molecule has 2 aromatic carbocycles. The van der Waals surface area contributed by atoms with E-state index in [1.54, 1.807) is 30.3 Å². The van der Waals surface area contributed by atoms with Crippen molar-refractivity contribution in [1.82, 2.24) is 9.97 Å². The molecule has 148 valence electrons. The summed E-state index contributed by atoms with van der Waals surface area (Å²) in [4.78, 5) is 29.7. The minimum absolute atomic E-state index is 0.239. The molecule has 0 fully saturated rings. The maximum atomic E-state index is 13.0. The Kier molecular flexibility index (Phi) is 4.61. The lowest BCUT2D eigenvalue weighted by molar-refractivity contribution is 0.102. The number of hydrogen-bond donors (Lipinski definition) is 4. The minimum atomic E-state index is -0.316. The fourth-order valence-electron chi connectivity index (χ4n) is 3.22. The number of anilines is 1. The first-order valence-corrected chi connectivity index (χ1v) is 9.27. The van der Waals surface area contributed by atoms with E-state index in [0.29, 0.717) is 22.3 Å². The molecule has 0 aliphatic rings. The Morgan fingerprint density at radius 2 is 1.43 bits per heavy atom. The molecule has 1 heterocycles. The number of carbonyl (C=O) groups excluding carboxylic acids is 1. The first-order valence-electron chi connectivity index (χ1n) is 9.27. The van der Waals surface area contributed by atoms with Gasteiger partial charge in [-0.2, -0.15) is 0 Å². The highest BCUT2D eigenvalue weighted by Gasteiger charge is 2.27. The number of rotatable bonds is 2. The number of nitrogens with one attached hydrogen (secondary N) is 3. The maximum Gasteiger partial charge on any atom is 0.323 e. The third kappa shape index (κ3) is 3.81. The highest BCUT2D eigenvalue weighted by Crippen LogP contribution is 2.39. The van der Waals surface area contributed by atoms with E-state index in [2.05, 4.69) is 15.3 Å². The van der Waals surface area contributed by atoms with Crippen LogP contribution >= 0.6 is 0 Å². The lowest BCUT2D eigenvalue weighted by Crippen LogP contribution is -2.20. The molecule has 0 radical (unpaired) electrons. The van der Waals surface area contributed by atoms with E-state index in [9.17, 15) is 14.7 Å². The third-order valence-electron chi connectivity index (χ3n) is 4.76. The van der Waals surface area contributed by atoms with Crippen molar-refractivity contribution in [3.8, 4) is 5.75 Å². The molecule has 0 atom stereocenters. The fourth-order valence-corrected chi connectivity index (χ4v) is 3.22. The number of H-pyrrole nitrogens is 2. The molecule has 1 aromatic heterocycles. The van der Waals surface area contributed by atoms with Crippen LogP contribution in [0.2, 0.25) is 0 Å². The van der Waals surface area contributed by atoms with Crippen LogP contribution in [0, 0.1) is 0 Å². The van der Waals surface area contributed by atoms with Gasteiger partial charge < -0.3 is 20.4 Å². The van der Waals surface area contributed by atoms with Gasteiger partial charge in [0.05, 0.1) is 11.0 Å². The van der Waals surface area contributed by atoms with Gasteiger partial charge >= 0.3 is 5.69 Å². The van der Waals surface area contributed by atoms with Crippen LogP contribution < -0.4 is 11.0 Å². The number of benzene rings is 2. The fraction of sp³-hybridized carbons (Fsp3) is 0.364. The number of phenolic OH excluding ortho intramolecular Hbond substituents is 1. The molecule has 0 aliphatic heterocycles. The topological polar surface area (TPSA) is 98.0 Å². The van der Waals surface area contributed by atoms with Crippen molar-refractivity contribution in [2.75, 3.05) is 5.32 Å². The maximum absolute atomic E-state index is 13.0. The van der Waals surface area contributed by atoms with Gasteiger partial charge in [0, 0.05) is 22.4 Å². The van der Waals surface area contributed by atoms with Crippen molar-refractivity contribution >= 4 is 22.6 Å². The lowest BCUT2D eigenvalue weighted by Gasteiger charge is -2.28. The van der Waals surface area contributed by atoms with Crippen molar-refractivity contribution in [2.45, 2.75) is 52.4 Å². The molecule has 28 heavy (non-hydrogen) atoms. The normalized spacial score (nSPS) is 12.4. The summed E-state index contributed by atoms with van der Waals surface area (Å²) >= 11 is 0. The Labute approximate surface area is 164 Å². The number of fused-ring (bicyclic) bond motifs is 1. The molecule has 1 amide bonds. The average molecular weight is 381 g/mol. The molecule has 4 N–H and O–H groups in total. The first kappa shape index (κ1) is 19.7. The second kappa shape index (κ2) is 6.55. The SMILES string of the molecule is CC(C)(C)c1cc(C(=O)Nc2ccc3[nH]c(=O)[nH]c3c2)cc(C(C)(C)C)c1O. The van der Waals surface area contributed by atoms with E-state index in [1.807, 2.05) is 41.5 Å². The Balaban J connectivity index is 2.03. The summed E-state index contributed by atoms with van der Waals surface area (Å²) < 4.78 is 0. The van der Waals surface area contributed by atoms with Gasteiger partial charge in [-0.15, -0.1) is 0 Å². The first-order chi connectivity index (χ1) is 12.9. The van der Waals surface area contributed by atoms with Crippen LogP contribution in [0.4, 0.5) is 5.69 Å². The van der Waals surface area contributed by atoms with Crippen molar-refractivity contribution in [3.05, 3.63) is 57.5 Å². The number of aromatic hydroxyl groups is 1. The second-order valence-electron chi connectivity index (χ2n) is 9.21. The number of hydrogen-bond acceptors (Lipinski definition) is 3. The number of imidazole rings is 1. The van der Waals surface area contributed by atoms with Gasteiger partial charge in [-0.1, -0.05) is 41.5 Å². The summed E-state index contributed by atoms with van der Waals surface area (Å²) in [6, 6.07) is 8.68. The van der Waals surface area contributed by atoms with Crippen LogP contribution in [0.1, 0.15) is 63.0 Å². The third-order valence-corrected chi connectivity index (χ3v) is 4.76. The molecule has 6 nitrogen and oxygen atoms in total. The molecular weight excluding hydrogens is 354 g/mol. The largest absolute Gasteiger partial charge is 0.507 e. The summed E-state index contributed by atoms with van der Waals surface area (Å²) in [7, 11) is 0. The van der Waals surface area contributed by atoms with Gasteiger partial charge in [0.15, 0.2) is 0 Å². The van der Waals surface area contributed by atoms with Gasteiger partial charge in [0.1, 0.15) is 5.75 Å². The van der Waals surface area contributed by atoms with Crippen molar-refractivity contribution in [1.29, 1.82) is 0 Å². The molecule has 3 aromatic rings. The zero-order chi connectivity index (χ0) is 20.9. The van der Waals surface area contributed by atoms with Gasteiger partial charge in [0.25, 0.3) is 5.91 Å². The van der Waals surface area contributed by atoms with Crippen LogP contribution in [0.15, 0.2) is 35.1 Å². The van der Waals surface area contributed by atoms with E-state index >= 15 is 0 Å². The monoisotopic (exact) mass is 381 g/mol. The summed E-state index contributed by atoms with van der Waals surface area (Å²) in [5.41, 5.74) is 2.91. The molecule has 0 aliphatic carbocycles. The van der Waals surface area contributed by atoms with E-state index in [1.165, 1.54) is 0 Å². The van der Waals surface area contributed by atoms with Crippen LogP contribution in [0.25, 0.3) is 11.0 Å². The Bertz CT molecular complexity index is 1070. The van der Waals surface area contributed by atoms with Crippen molar-refractivity contribution < 1.29 is 9.90 Å². The van der Waals surface area contributed by atoms with E-state index in [0.717, 1.165) is 11.1 Å². The molecular formula is C22H27N3O3. The Morgan fingerprint density at radius 1 is 0.893 bits per heavy atom.